The van der Waals surface area contributed by atoms with Gasteiger partial charge in [0.2, 0.25) is 5.91 Å². The number of unbranched alkanes of at least 4 members (excludes halogenated alkanes) is 16. The Labute approximate surface area is 335 Å². The van der Waals surface area contributed by atoms with Crippen molar-refractivity contribution in [2.75, 3.05) is 19.8 Å². The molecule has 1 amide bonds. The molecule has 0 aromatic heterocycles. The van der Waals surface area contributed by atoms with Crippen LogP contribution in [0.4, 0.5) is 0 Å². The molecule has 2 heterocycles. The molecule has 2 saturated heterocycles. The maximum Gasteiger partial charge on any atom is 0.220 e. The lowest BCUT2D eigenvalue weighted by Crippen LogP contribution is -2.65. The van der Waals surface area contributed by atoms with Gasteiger partial charge in [0, 0.05) is 6.42 Å². The average Bonchev–Trinajstić information content (AvgIpc) is 3.19. The first-order valence-corrected chi connectivity index (χ1v) is 21.6. The highest BCUT2D eigenvalue weighted by Gasteiger charge is 2.50. The molecule has 0 aromatic carbocycles. The number of ether oxygens (including phenoxy) is 4. The average molecular weight is 804 g/mol. The molecule has 12 unspecified atom stereocenters. The molecule has 2 fully saturated rings. The van der Waals surface area contributed by atoms with Crippen molar-refractivity contribution >= 4 is 5.91 Å². The topological polar surface area (TPSA) is 228 Å². The van der Waals surface area contributed by atoms with Gasteiger partial charge in [-0.05, 0) is 44.9 Å². The molecule has 0 saturated carbocycles. The Hall–Kier alpha value is -1.53. The number of amides is 1. The van der Waals surface area contributed by atoms with E-state index in [1.165, 1.54) is 44.9 Å². The minimum atomic E-state index is -1.78. The van der Waals surface area contributed by atoms with E-state index in [9.17, 15) is 45.6 Å². The monoisotopic (exact) mass is 804 g/mol. The Morgan fingerprint density at radius 1 is 0.625 bits per heavy atom. The number of carbonyl (C=O) groups is 1. The fraction of sp³-hybridized carbons (Fsp3) is 0.881. The molecule has 0 spiro atoms. The zero-order valence-electron chi connectivity index (χ0n) is 34.1. The van der Waals surface area contributed by atoms with E-state index in [2.05, 4.69) is 31.3 Å². The second-order valence-corrected chi connectivity index (χ2v) is 15.5. The van der Waals surface area contributed by atoms with Gasteiger partial charge in [-0.1, -0.05) is 115 Å². The van der Waals surface area contributed by atoms with Crippen molar-refractivity contribution in [3.8, 4) is 0 Å². The van der Waals surface area contributed by atoms with Gasteiger partial charge in [-0.2, -0.15) is 0 Å². The van der Waals surface area contributed by atoms with Crippen LogP contribution in [0.25, 0.3) is 0 Å². The molecule has 0 bridgehead atoms. The molecule has 9 N–H and O–H groups in total. The Morgan fingerprint density at radius 2 is 1.12 bits per heavy atom. The summed E-state index contributed by atoms with van der Waals surface area (Å²) in [7, 11) is 0. The Kier molecular flexibility index (Phi) is 27.6. The van der Waals surface area contributed by atoms with E-state index in [-0.39, 0.29) is 18.9 Å². The van der Waals surface area contributed by atoms with Crippen LogP contribution in [-0.4, -0.2) is 140 Å². The minimum absolute atomic E-state index is 0.255. The molecule has 2 aliphatic rings. The van der Waals surface area contributed by atoms with Gasteiger partial charge in [-0.15, -0.1) is 0 Å². The van der Waals surface area contributed by atoms with Gasteiger partial charge in [-0.25, -0.2) is 0 Å². The molecule has 14 heteroatoms. The number of aliphatic hydroxyl groups excluding tert-OH is 8. The Morgan fingerprint density at radius 3 is 1.70 bits per heavy atom. The number of allylic oxidation sites excluding steroid dienone is 3. The van der Waals surface area contributed by atoms with E-state index in [0.29, 0.717) is 6.42 Å². The second kappa shape index (κ2) is 30.5. The van der Waals surface area contributed by atoms with Gasteiger partial charge in [0.1, 0.15) is 48.8 Å². The molecule has 12 atom stereocenters. The Bertz CT molecular complexity index is 1050. The smallest absolute Gasteiger partial charge is 0.220 e. The predicted octanol–water partition coefficient (Wildman–Crippen LogP) is 3.43. The van der Waals surface area contributed by atoms with Gasteiger partial charge in [0.25, 0.3) is 0 Å². The summed E-state index contributed by atoms with van der Waals surface area (Å²) in [6, 6.07) is -0.912. The third-order valence-electron chi connectivity index (χ3n) is 10.6. The van der Waals surface area contributed by atoms with Crippen LogP contribution in [0, 0.1) is 0 Å². The van der Waals surface area contributed by atoms with Crippen molar-refractivity contribution < 1.29 is 64.6 Å². The zero-order chi connectivity index (χ0) is 41.1. The SMILES string of the molecule is CCCCCCC/C=C/C(O)C(COC1OC(CO)C(OC2OC(CO)C(O)C(O)C2O)C(O)C1O)NC(=O)CCCCCCC/C=C\CCCCCCCC. The summed E-state index contributed by atoms with van der Waals surface area (Å²) < 4.78 is 22.5. The third kappa shape index (κ3) is 19.0. The number of rotatable bonds is 31. The fourth-order valence-electron chi connectivity index (χ4n) is 6.99. The molecule has 56 heavy (non-hydrogen) atoms. The molecular weight excluding hydrogens is 726 g/mol. The Balaban J connectivity index is 1.88. The molecule has 2 rings (SSSR count). The van der Waals surface area contributed by atoms with Crippen molar-refractivity contribution in [2.24, 2.45) is 0 Å². The zero-order valence-corrected chi connectivity index (χ0v) is 34.1. The maximum absolute atomic E-state index is 13.0. The standard InChI is InChI=1S/C42H77NO13/c1-3-5-7-9-11-12-13-14-15-16-17-18-20-22-24-26-34(47)43-30(31(46)25-23-21-19-10-8-6-4-2)29-53-41-39(52)37(50)40(33(28-45)55-41)56-42-38(51)36(49)35(48)32(27-44)54-42/h14-15,23,25,30-33,35-42,44-46,48-52H,3-13,16-22,24,26-29H2,1-2H3,(H,43,47)/b15-14-,25-23+. The fourth-order valence-corrected chi connectivity index (χ4v) is 6.99. The molecule has 0 aliphatic carbocycles. The van der Waals surface area contributed by atoms with Crippen LogP contribution in [0.3, 0.4) is 0 Å². The highest BCUT2D eigenvalue weighted by atomic mass is 16.7. The van der Waals surface area contributed by atoms with Crippen LogP contribution >= 0.6 is 0 Å². The molecule has 0 aromatic rings. The van der Waals surface area contributed by atoms with E-state index in [0.717, 1.165) is 70.6 Å². The summed E-state index contributed by atoms with van der Waals surface area (Å²) in [5.74, 6) is -0.255. The first-order valence-electron chi connectivity index (χ1n) is 21.6. The number of carbonyl (C=O) groups excluding carboxylic acids is 1. The van der Waals surface area contributed by atoms with Gasteiger partial charge < -0.3 is 65.1 Å². The van der Waals surface area contributed by atoms with E-state index in [4.69, 9.17) is 18.9 Å². The maximum atomic E-state index is 13.0. The van der Waals surface area contributed by atoms with Crippen LogP contribution in [0.2, 0.25) is 0 Å². The van der Waals surface area contributed by atoms with E-state index < -0.39 is 86.8 Å². The predicted molar refractivity (Wildman–Crippen MR) is 212 cm³/mol. The summed E-state index contributed by atoms with van der Waals surface area (Å²) in [4.78, 5) is 13.0. The minimum Gasteiger partial charge on any atom is -0.394 e. The van der Waals surface area contributed by atoms with E-state index in [1.807, 2.05) is 6.08 Å². The summed E-state index contributed by atoms with van der Waals surface area (Å²) >= 11 is 0. The molecule has 0 radical (unpaired) electrons. The molecule has 14 nitrogen and oxygen atoms in total. The highest BCUT2D eigenvalue weighted by molar-refractivity contribution is 5.76. The quantitative estimate of drug-likeness (QED) is 0.0362. The van der Waals surface area contributed by atoms with Crippen LogP contribution in [0.5, 0.6) is 0 Å². The summed E-state index contributed by atoms with van der Waals surface area (Å²) in [6.07, 6.45) is 12.6. The van der Waals surface area contributed by atoms with Crippen LogP contribution in [-0.2, 0) is 23.7 Å². The summed E-state index contributed by atoms with van der Waals surface area (Å²) in [6.45, 7) is 2.67. The van der Waals surface area contributed by atoms with E-state index >= 15 is 0 Å². The molecular formula is C42H77NO13. The van der Waals surface area contributed by atoms with Gasteiger partial charge in [0.05, 0.1) is 32.0 Å². The summed E-state index contributed by atoms with van der Waals surface area (Å²) in [5, 5.41) is 86.0. The third-order valence-corrected chi connectivity index (χ3v) is 10.6. The number of nitrogens with one attached hydrogen (secondary N) is 1. The first-order chi connectivity index (χ1) is 27.1. The van der Waals surface area contributed by atoms with Gasteiger partial charge >= 0.3 is 0 Å². The number of hydrogen-bond acceptors (Lipinski definition) is 13. The van der Waals surface area contributed by atoms with Crippen molar-refractivity contribution in [3.63, 3.8) is 0 Å². The van der Waals surface area contributed by atoms with Crippen LogP contribution in [0.1, 0.15) is 142 Å². The highest BCUT2D eigenvalue weighted by Crippen LogP contribution is 2.30. The van der Waals surface area contributed by atoms with Crippen molar-refractivity contribution in [1.29, 1.82) is 0 Å². The lowest BCUT2D eigenvalue weighted by atomic mass is 9.97. The van der Waals surface area contributed by atoms with Crippen molar-refractivity contribution in [3.05, 3.63) is 24.3 Å². The summed E-state index contributed by atoms with van der Waals surface area (Å²) in [5.41, 5.74) is 0. The molecule has 2 aliphatic heterocycles. The largest absolute Gasteiger partial charge is 0.394 e. The van der Waals surface area contributed by atoms with Crippen LogP contribution in [0.15, 0.2) is 24.3 Å². The molecule has 328 valence electrons. The lowest BCUT2D eigenvalue weighted by molar-refractivity contribution is -0.359. The number of aliphatic hydroxyl groups is 8. The van der Waals surface area contributed by atoms with Crippen molar-refractivity contribution in [1.82, 2.24) is 5.32 Å². The van der Waals surface area contributed by atoms with Crippen molar-refractivity contribution in [2.45, 2.75) is 216 Å². The first kappa shape index (κ1) is 50.6. The van der Waals surface area contributed by atoms with Crippen LogP contribution < -0.4 is 5.32 Å². The number of hydrogen-bond donors (Lipinski definition) is 9. The lowest BCUT2D eigenvalue weighted by Gasteiger charge is -2.46. The second-order valence-electron chi connectivity index (χ2n) is 15.5. The normalized spacial score (nSPS) is 29.6. The van der Waals surface area contributed by atoms with E-state index in [1.54, 1.807) is 6.08 Å². The van der Waals surface area contributed by atoms with Gasteiger partial charge in [-0.3, -0.25) is 4.79 Å². The van der Waals surface area contributed by atoms with Gasteiger partial charge in [0.15, 0.2) is 12.6 Å².